The van der Waals surface area contributed by atoms with E-state index in [4.69, 9.17) is 4.74 Å². The molecule has 2 aromatic rings. The highest BCUT2D eigenvalue weighted by atomic mass is 79.9. The number of rotatable bonds is 3. The predicted octanol–water partition coefficient (Wildman–Crippen LogP) is 2.56. The molecule has 0 radical (unpaired) electrons. The van der Waals surface area contributed by atoms with E-state index in [9.17, 15) is 9.18 Å². The Balaban J connectivity index is 2.44. The van der Waals surface area contributed by atoms with E-state index >= 15 is 0 Å². The Morgan fingerprint density at radius 3 is 2.78 bits per heavy atom. The summed E-state index contributed by atoms with van der Waals surface area (Å²) in [5, 5.41) is 3.99. The summed E-state index contributed by atoms with van der Waals surface area (Å²) in [5.41, 5.74) is 0.122. The normalized spacial score (nSPS) is 10.4. The fraction of sp³-hybridized carbons (Fsp3) is 0.167. The average molecular weight is 313 g/mol. The summed E-state index contributed by atoms with van der Waals surface area (Å²) in [7, 11) is 3.12. The van der Waals surface area contributed by atoms with Crippen LogP contribution in [0.4, 0.5) is 4.39 Å². The number of hydrogen-bond acceptors (Lipinski definition) is 3. The summed E-state index contributed by atoms with van der Waals surface area (Å²) in [6.07, 6.45) is 0. The standard InChI is InChI=1S/C12H10BrFN2O2/c1-16-11(18-2)6-10(15-16)12(17)8-5-7(13)3-4-9(8)14/h3-6H,1-2H3. The van der Waals surface area contributed by atoms with E-state index in [2.05, 4.69) is 21.0 Å². The van der Waals surface area contributed by atoms with E-state index in [0.29, 0.717) is 10.4 Å². The Kier molecular flexibility index (Phi) is 3.47. The van der Waals surface area contributed by atoms with Crippen LogP contribution in [0.1, 0.15) is 16.1 Å². The van der Waals surface area contributed by atoms with Gasteiger partial charge in [0.15, 0.2) is 0 Å². The summed E-state index contributed by atoms with van der Waals surface area (Å²) in [6.45, 7) is 0. The number of methoxy groups -OCH3 is 1. The summed E-state index contributed by atoms with van der Waals surface area (Å²) >= 11 is 3.20. The summed E-state index contributed by atoms with van der Waals surface area (Å²) in [6, 6.07) is 5.67. The lowest BCUT2D eigenvalue weighted by atomic mass is 10.1. The van der Waals surface area contributed by atoms with Crippen molar-refractivity contribution in [3.05, 3.63) is 45.8 Å². The molecule has 1 aromatic carbocycles. The molecule has 6 heteroatoms. The first-order valence-electron chi connectivity index (χ1n) is 5.10. The van der Waals surface area contributed by atoms with Crippen LogP contribution in [0, 0.1) is 5.82 Å². The summed E-state index contributed by atoms with van der Waals surface area (Å²) in [5.74, 6) is -0.616. The second kappa shape index (κ2) is 4.89. The highest BCUT2D eigenvalue weighted by Gasteiger charge is 2.18. The van der Waals surface area contributed by atoms with Crippen LogP contribution in [0.5, 0.6) is 5.88 Å². The van der Waals surface area contributed by atoms with Crippen molar-refractivity contribution in [1.29, 1.82) is 0 Å². The van der Waals surface area contributed by atoms with Crippen LogP contribution >= 0.6 is 15.9 Å². The number of carbonyl (C=O) groups is 1. The third-order valence-electron chi connectivity index (χ3n) is 2.45. The molecule has 94 valence electrons. The first-order valence-corrected chi connectivity index (χ1v) is 5.90. The lowest BCUT2D eigenvalue weighted by Crippen LogP contribution is -2.06. The van der Waals surface area contributed by atoms with Gasteiger partial charge in [-0.1, -0.05) is 15.9 Å². The second-order valence-electron chi connectivity index (χ2n) is 3.65. The monoisotopic (exact) mass is 312 g/mol. The summed E-state index contributed by atoms with van der Waals surface area (Å²) in [4.78, 5) is 12.1. The number of ketones is 1. The maximum atomic E-state index is 13.6. The van der Waals surface area contributed by atoms with Crippen molar-refractivity contribution in [3.63, 3.8) is 0 Å². The molecule has 2 rings (SSSR count). The van der Waals surface area contributed by atoms with Gasteiger partial charge >= 0.3 is 0 Å². The van der Waals surface area contributed by atoms with Crippen molar-refractivity contribution in [3.8, 4) is 5.88 Å². The molecule has 0 atom stereocenters. The largest absolute Gasteiger partial charge is 0.481 e. The molecule has 4 nitrogen and oxygen atoms in total. The van der Waals surface area contributed by atoms with Crippen LogP contribution < -0.4 is 4.74 Å². The van der Waals surface area contributed by atoms with Crippen LogP contribution in [0.25, 0.3) is 0 Å². The quantitative estimate of drug-likeness (QED) is 0.818. The lowest BCUT2D eigenvalue weighted by molar-refractivity contribution is 0.103. The average Bonchev–Trinajstić information content (AvgIpc) is 2.73. The third-order valence-corrected chi connectivity index (χ3v) is 2.94. The number of aromatic nitrogens is 2. The van der Waals surface area contributed by atoms with Gasteiger partial charge in [-0.15, -0.1) is 0 Å². The highest BCUT2D eigenvalue weighted by Crippen LogP contribution is 2.20. The van der Waals surface area contributed by atoms with Gasteiger partial charge in [0.25, 0.3) is 0 Å². The maximum Gasteiger partial charge on any atom is 0.216 e. The number of hydrogen-bond donors (Lipinski definition) is 0. The van der Waals surface area contributed by atoms with Crippen molar-refractivity contribution < 1.29 is 13.9 Å². The number of benzene rings is 1. The van der Waals surface area contributed by atoms with E-state index < -0.39 is 11.6 Å². The molecule has 0 saturated carbocycles. The molecule has 0 aliphatic rings. The molecule has 1 heterocycles. The van der Waals surface area contributed by atoms with Crippen LogP contribution in [0.2, 0.25) is 0 Å². The maximum absolute atomic E-state index is 13.6. The number of ether oxygens (including phenoxy) is 1. The molecule has 0 unspecified atom stereocenters. The van der Waals surface area contributed by atoms with E-state index in [-0.39, 0.29) is 11.3 Å². The Morgan fingerprint density at radius 1 is 1.44 bits per heavy atom. The van der Waals surface area contributed by atoms with Crippen LogP contribution in [-0.4, -0.2) is 22.7 Å². The zero-order valence-electron chi connectivity index (χ0n) is 9.78. The number of halogens is 2. The van der Waals surface area contributed by atoms with Gasteiger partial charge in [0, 0.05) is 17.6 Å². The van der Waals surface area contributed by atoms with Crippen molar-refractivity contribution >= 4 is 21.7 Å². The van der Waals surface area contributed by atoms with Crippen molar-refractivity contribution in [2.75, 3.05) is 7.11 Å². The molecule has 0 bridgehead atoms. The fourth-order valence-electron chi connectivity index (χ4n) is 1.56. The zero-order valence-corrected chi connectivity index (χ0v) is 11.4. The van der Waals surface area contributed by atoms with Crippen LogP contribution in [0.3, 0.4) is 0 Å². The number of nitrogens with zero attached hydrogens (tertiary/aromatic N) is 2. The molecule has 0 N–H and O–H groups in total. The van der Waals surface area contributed by atoms with Gasteiger partial charge in [0.05, 0.1) is 12.7 Å². The molecule has 1 aromatic heterocycles. The Bertz CT molecular complexity index is 610. The molecule has 18 heavy (non-hydrogen) atoms. The summed E-state index contributed by atoms with van der Waals surface area (Å²) < 4.78 is 20.7. The van der Waals surface area contributed by atoms with E-state index in [1.165, 1.54) is 36.1 Å². The molecule has 0 saturated heterocycles. The second-order valence-corrected chi connectivity index (χ2v) is 4.56. The SMILES string of the molecule is COc1cc(C(=O)c2cc(Br)ccc2F)nn1C. The predicted molar refractivity (Wildman–Crippen MR) is 67.3 cm³/mol. The van der Waals surface area contributed by atoms with Gasteiger partial charge in [-0.2, -0.15) is 5.10 Å². The molecular formula is C12H10BrFN2O2. The van der Waals surface area contributed by atoms with Crippen LogP contribution in [-0.2, 0) is 7.05 Å². The topological polar surface area (TPSA) is 44.1 Å². The molecular weight excluding hydrogens is 303 g/mol. The van der Waals surface area contributed by atoms with E-state index in [1.807, 2.05) is 0 Å². The molecule has 0 spiro atoms. The smallest absolute Gasteiger partial charge is 0.216 e. The first kappa shape index (κ1) is 12.8. The van der Waals surface area contributed by atoms with Crippen molar-refractivity contribution in [2.45, 2.75) is 0 Å². The lowest BCUT2D eigenvalue weighted by Gasteiger charge is -2.00. The van der Waals surface area contributed by atoms with Gasteiger partial charge in [0.1, 0.15) is 11.5 Å². The molecule has 0 amide bonds. The Labute approximate surface area is 111 Å². The van der Waals surface area contributed by atoms with Gasteiger partial charge in [-0.25, -0.2) is 9.07 Å². The van der Waals surface area contributed by atoms with Gasteiger partial charge in [-0.05, 0) is 18.2 Å². The van der Waals surface area contributed by atoms with Gasteiger partial charge in [0.2, 0.25) is 11.7 Å². The zero-order chi connectivity index (χ0) is 13.3. The molecule has 0 fully saturated rings. The van der Waals surface area contributed by atoms with E-state index in [0.717, 1.165) is 0 Å². The molecule has 0 aliphatic carbocycles. The van der Waals surface area contributed by atoms with E-state index in [1.54, 1.807) is 7.05 Å². The minimum absolute atomic E-state index is 0.0230. The third kappa shape index (κ3) is 2.28. The molecule has 0 aliphatic heterocycles. The van der Waals surface area contributed by atoms with Gasteiger partial charge in [-0.3, -0.25) is 4.79 Å². The first-order chi connectivity index (χ1) is 8.52. The van der Waals surface area contributed by atoms with Gasteiger partial charge < -0.3 is 4.74 Å². The van der Waals surface area contributed by atoms with Crippen molar-refractivity contribution in [2.24, 2.45) is 7.05 Å². The fourth-order valence-corrected chi connectivity index (χ4v) is 1.92. The Hall–Kier alpha value is -1.69. The number of aryl methyl sites for hydroxylation is 1. The minimum atomic E-state index is -0.576. The highest BCUT2D eigenvalue weighted by molar-refractivity contribution is 9.10. The Morgan fingerprint density at radius 2 is 2.17 bits per heavy atom. The van der Waals surface area contributed by atoms with Crippen molar-refractivity contribution in [1.82, 2.24) is 9.78 Å². The number of carbonyl (C=O) groups excluding carboxylic acids is 1. The minimum Gasteiger partial charge on any atom is -0.481 e. The van der Waals surface area contributed by atoms with Crippen LogP contribution in [0.15, 0.2) is 28.7 Å².